The maximum atomic E-state index is 14.4. The van der Waals surface area contributed by atoms with Crippen molar-refractivity contribution in [1.29, 1.82) is 0 Å². The minimum absolute atomic E-state index is 0. The molecule has 2 aromatic rings. The van der Waals surface area contributed by atoms with Crippen molar-refractivity contribution < 1.29 is 13.9 Å². The zero-order valence-electron chi connectivity index (χ0n) is 16.0. The van der Waals surface area contributed by atoms with E-state index in [9.17, 15) is 9.18 Å². The molecule has 1 amide bonds. The number of rotatable bonds is 5. The van der Waals surface area contributed by atoms with Crippen LogP contribution in [0.25, 0.3) is 5.69 Å². The van der Waals surface area contributed by atoms with Crippen LogP contribution in [0.3, 0.4) is 0 Å². The highest BCUT2D eigenvalue weighted by molar-refractivity contribution is 5.99. The van der Waals surface area contributed by atoms with Gasteiger partial charge in [0.15, 0.2) is 5.82 Å². The molecule has 27 heavy (non-hydrogen) atoms. The Hall–Kier alpha value is -1.96. The zero-order valence-corrected chi connectivity index (χ0v) is 16.8. The van der Waals surface area contributed by atoms with Crippen LogP contribution < -0.4 is 11.1 Å². The SMILES string of the molecule is CCOC1CC(N)(C(=O)Nc2ccc(-n3cc(C)cn3)c(F)c2)C1(C)C.Cl. The third-order valence-corrected chi connectivity index (χ3v) is 5.40. The molecular formula is C19H26ClFN4O2. The van der Waals surface area contributed by atoms with Crippen LogP contribution >= 0.6 is 12.4 Å². The lowest BCUT2D eigenvalue weighted by atomic mass is 9.54. The molecule has 1 saturated carbocycles. The number of hydrogen-bond acceptors (Lipinski definition) is 4. The summed E-state index contributed by atoms with van der Waals surface area (Å²) in [5, 5.41) is 6.84. The molecule has 8 heteroatoms. The first-order valence-electron chi connectivity index (χ1n) is 8.72. The van der Waals surface area contributed by atoms with Crippen LogP contribution in [0.5, 0.6) is 0 Å². The summed E-state index contributed by atoms with van der Waals surface area (Å²) in [6.07, 6.45) is 3.76. The van der Waals surface area contributed by atoms with Crippen molar-refractivity contribution in [3.63, 3.8) is 0 Å². The minimum Gasteiger partial charge on any atom is -0.378 e. The summed E-state index contributed by atoms with van der Waals surface area (Å²) in [6, 6.07) is 4.50. The van der Waals surface area contributed by atoms with Gasteiger partial charge in [0.05, 0.1) is 12.3 Å². The molecule has 0 aliphatic heterocycles. The van der Waals surface area contributed by atoms with E-state index in [0.717, 1.165) is 5.56 Å². The van der Waals surface area contributed by atoms with Crippen molar-refractivity contribution >= 4 is 24.0 Å². The summed E-state index contributed by atoms with van der Waals surface area (Å²) in [7, 11) is 0. The summed E-state index contributed by atoms with van der Waals surface area (Å²) in [6.45, 7) is 8.20. The van der Waals surface area contributed by atoms with Crippen LogP contribution in [0.1, 0.15) is 32.8 Å². The molecule has 3 N–H and O–H groups in total. The number of carbonyl (C=O) groups is 1. The standard InChI is InChI=1S/C19H25FN4O2.ClH/c1-5-26-16-9-19(21,18(16,3)4)17(25)23-13-6-7-15(14(20)8-13)24-11-12(2)10-22-24;/h6-8,10-11,16H,5,9,21H2,1-4H3,(H,23,25);1H. The van der Waals surface area contributed by atoms with Crippen molar-refractivity contribution in [1.82, 2.24) is 9.78 Å². The van der Waals surface area contributed by atoms with E-state index < -0.39 is 16.8 Å². The predicted molar refractivity (Wildman–Crippen MR) is 105 cm³/mol. The van der Waals surface area contributed by atoms with Crippen LogP contribution in [-0.4, -0.2) is 33.9 Å². The highest BCUT2D eigenvalue weighted by Crippen LogP contribution is 2.50. The molecule has 0 bridgehead atoms. The number of aryl methyl sites for hydroxylation is 1. The smallest absolute Gasteiger partial charge is 0.245 e. The molecule has 1 aliphatic carbocycles. The Bertz CT molecular complexity index is 839. The van der Waals surface area contributed by atoms with Crippen molar-refractivity contribution in [3.05, 3.63) is 42.0 Å². The van der Waals surface area contributed by atoms with E-state index in [1.54, 1.807) is 24.5 Å². The maximum absolute atomic E-state index is 14.4. The minimum atomic E-state index is -1.05. The van der Waals surface area contributed by atoms with Crippen molar-refractivity contribution in [2.75, 3.05) is 11.9 Å². The maximum Gasteiger partial charge on any atom is 0.245 e. The van der Waals surface area contributed by atoms with Gasteiger partial charge in [0.1, 0.15) is 11.2 Å². The molecule has 3 rings (SSSR count). The Balaban J connectivity index is 0.00000261. The Kier molecular flexibility index (Phi) is 5.99. The van der Waals surface area contributed by atoms with E-state index in [1.807, 2.05) is 27.7 Å². The second kappa shape index (κ2) is 7.58. The molecule has 0 spiro atoms. The Morgan fingerprint density at radius 1 is 1.48 bits per heavy atom. The zero-order chi connectivity index (χ0) is 19.1. The summed E-state index contributed by atoms with van der Waals surface area (Å²) >= 11 is 0. The van der Waals surface area contributed by atoms with Gasteiger partial charge < -0.3 is 15.8 Å². The van der Waals surface area contributed by atoms with Gasteiger partial charge in [0, 0.05) is 30.3 Å². The average molecular weight is 397 g/mol. The van der Waals surface area contributed by atoms with Crippen molar-refractivity contribution in [2.24, 2.45) is 11.1 Å². The van der Waals surface area contributed by atoms with Gasteiger partial charge in [-0.3, -0.25) is 4.79 Å². The Morgan fingerprint density at radius 2 is 2.19 bits per heavy atom. The first-order chi connectivity index (χ1) is 12.2. The topological polar surface area (TPSA) is 82.2 Å². The van der Waals surface area contributed by atoms with Gasteiger partial charge in [-0.2, -0.15) is 5.10 Å². The second-order valence-corrected chi connectivity index (χ2v) is 7.42. The molecule has 2 atom stereocenters. The Labute approximate surface area is 164 Å². The van der Waals surface area contributed by atoms with Crippen molar-refractivity contribution in [3.8, 4) is 5.69 Å². The van der Waals surface area contributed by atoms with E-state index >= 15 is 0 Å². The molecule has 2 unspecified atom stereocenters. The highest BCUT2D eigenvalue weighted by atomic mass is 35.5. The molecule has 1 aromatic carbocycles. The van der Waals surface area contributed by atoms with E-state index in [1.165, 1.54) is 10.7 Å². The number of halogens is 2. The number of carbonyl (C=O) groups excluding carboxylic acids is 1. The fraction of sp³-hybridized carbons (Fsp3) is 0.474. The third kappa shape index (κ3) is 3.59. The number of nitrogens with zero attached hydrogens (tertiary/aromatic N) is 2. The van der Waals surface area contributed by atoms with Gasteiger partial charge in [-0.15, -0.1) is 12.4 Å². The molecule has 1 fully saturated rings. The number of anilines is 1. The molecule has 148 valence electrons. The lowest BCUT2D eigenvalue weighted by Crippen LogP contribution is -2.74. The molecule has 6 nitrogen and oxygen atoms in total. The lowest BCUT2D eigenvalue weighted by Gasteiger charge is -2.57. The normalized spacial score (nSPS) is 23.3. The summed E-state index contributed by atoms with van der Waals surface area (Å²) < 4.78 is 21.5. The number of benzene rings is 1. The number of ether oxygens (including phenoxy) is 1. The van der Waals surface area contributed by atoms with Crippen LogP contribution in [0, 0.1) is 18.2 Å². The van der Waals surface area contributed by atoms with E-state index in [0.29, 0.717) is 24.4 Å². The number of nitrogens with one attached hydrogen (secondary N) is 1. The molecule has 0 radical (unpaired) electrons. The van der Waals surface area contributed by atoms with Gasteiger partial charge in [0.2, 0.25) is 5.91 Å². The number of amides is 1. The quantitative estimate of drug-likeness (QED) is 0.813. The molecule has 1 heterocycles. The van der Waals surface area contributed by atoms with Crippen molar-refractivity contribution in [2.45, 2.75) is 45.8 Å². The highest BCUT2D eigenvalue weighted by Gasteiger charge is 2.62. The fourth-order valence-corrected chi connectivity index (χ4v) is 3.38. The van der Waals surface area contributed by atoms with Gasteiger partial charge in [-0.1, -0.05) is 13.8 Å². The fourth-order valence-electron chi connectivity index (χ4n) is 3.38. The molecule has 1 aromatic heterocycles. The first kappa shape index (κ1) is 21.3. The Morgan fingerprint density at radius 3 is 2.70 bits per heavy atom. The molecule has 1 aliphatic rings. The molecular weight excluding hydrogens is 371 g/mol. The van der Waals surface area contributed by atoms with Crippen LogP contribution in [-0.2, 0) is 9.53 Å². The van der Waals surface area contributed by atoms with E-state index in [2.05, 4.69) is 10.4 Å². The van der Waals surface area contributed by atoms with Gasteiger partial charge in [-0.05, 0) is 37.6 Å². The van der Waals surface area contributed by atoms with E-state index in [-0.39, 0.29) is 24.4 Å². The first-order valence-corrected chi connectivity index (χ1v) is 8.72. The lowest BCUT2D eigenvalue weighted by molar-refractivity contribution is -0.166. The van der Waals surface area contributed by atoms with Crippen LogP contribution in [0.15, 0.2) is 30.6 Å². The van der Waals surface area contributed by atoms with Gasteiger partial charge in [-0.25, -0.2) is 9.07 Å². The second-order valence-electron chi connectivity index (χ2n) is 7.42. The van der Waals surface area contributed by atoms with Crippen LogP contribution in [0.4, 0.5) is 10.1 Å². The third-order valence-electron chi connectivity index (χ3n) is 5.40. The number of hydrogen-bond donors (Lipinski definition) is 2. The van der Waals surface area contributed by atoms with Gasteiger partial charge >= 0.3 is 0 Å². The molecule has 0 saturated heterocycles. The largest absolute Gasteiger partial charge is 0.378 e. The van der Waals surface area contributed by atoms with Crippen LogP contribution in [0.2, 0.25) is 0 Å². The average Bonchev–Trinajstić information content (AvgIpc) is 3.00. The summed E-state index contributed by atoms with van der Waals surface area (Å²) in [4.78, 5) is 12.7. The van der Waals surface area contributed by atoms with E-state index in [4.69, 9.17) is 10.5 Å². The summed E-state index contributed by atoms with van der Waals surface area (Å²) in [5.74, 6) is -0.808. The predicted octanol–water partition coefficient (Wildman–Crippen LogP) is 3.21. The summed E-state index contributed by atoms with van der Waals surface area (Å²) in [5.41, 5.74) is 6.41. The monoisotopic (exact) mass is 396 g/mol. The number of nitrogens with two attached hydrogens (primary N) is 1. The van der Waals surface area contributed by atoms with Gasteiger partial charge in [0.25, 0.3) is 0 Å². The number of aromatic nitrogens is 2.